The van der Waals surface area contributed by atoms with Crippen molar-refractivity contribution in [1.29, 1.82) is 5.26 Å². The van der Waals surface area contributed by atoms with Crippen LogP contribution in [0.3, 0.4) is 0 Å². The first kappa shape index (κ1) is 12.9. The Labute approximate surface area is 99.4 Å². The number of anilines is 1. The summed E-state index contributed by atoms with van der Waals surface area (Å²) in [6.07, 6.45) is 1.39. The fraction of sp³-hybridized carbons (Fsp3) is 0.455. The van der Waals surface area contributed by atoms with Crippen LogP contribution < -0.4 is 5.32 Å². The Kier molecular flexibility index (Phi) is 3.99. The lowest BCUT2D eigenvalue weighted by Gasteiger charge is -2.17. The predicted octanol–water partition coefficient (Wildman–Crippen LogP) is 2.32. The second-order valence-corrected chi connectivity index (χ2v) is 4.10. The van der Waals surface area contributed by atoms with E-state index in [-0.39, 0.29) is 23.1 Å². The van der Waals surface area contributed by atoms with Crippen molar-refractivity contribution >= 4 is 11.5 Å². The van der Waals surface area contributed by atoms with Crippen molar-refractivity contribution in [1.82, 2.24) is 4.98 Å². The number of nitro groups is 1. The van der Waals surface area contributed by atoms with E-state index in [4.69, 9.17) is 5.26 Å². The Morgan fingerprint density at radius 1 is 1.53 bits per heavy atom. The molecule has 0 bridgehead atoms. The molecule has 1 unspecified atom stereocenters. The molecule has 0 spiro atoms. The maximum Gasteiger partial charge on any atom is 0.328 e. The number of pyridine rings is 1. The van der Waals surface area contributed by atoms with E-state index < -0.39 is 4.92 Å². The number of hydrogen-bond donors (Lipinski definition) is 1. The zero-order valence-electron chi connectivity index (χ0n) is 9.97. The molecule has 1 rings (SSSR count). The van der Waals surface area contributed by atoms with Crippen LogP contribution in [0.1, 0.15) is 26.3 Å². The first-order valence-corrected chi connectivity index (χ1v) is 5.27. The summed E-state index contributed by atoms with van der Waals surface area (Å²) in [6, 6.07) is 3.17. The number of aromatic nitrogens is 1. The van der Waals surface area contributed by atoms with Crippen molar-refractivity contribution in [3.05, 3.63) is 27.9 Å². The highest BCUT2D eigenvalue weighted by Crippen LogP contribution is 2.26. The summed E-state index contributed by atoms with van der Waals surface area (Å²) >= 11 is 0. The zero-order valence-corrected chi connectivity index (χ0v) is 9.97. The number of nitrogens with one attached hydrogen (secondary N) is 1. The van der Waals surface area contributed by atoms with Crippen molar-refractivity contribution in [2.75, 3.05) is 5.32 Å². The lowest BCUT2D eigenvalue weighted by Crippen LogP contribution is -2.22. The Balaban J connectivity index is 3.16. The van der Waals surface area contributed by atoms with Crippen LogP contribution in [-0.2, 0) is 0 Å². The van der Waals surface area contributed by atoms with Gasteiger partial charge in [-0.3, -0.25) is 10.1 Å². The van der Waals surface area contributed by atoms with Gasteiger partial charge in [0.2, 0.25) is 5.82 Å². The van der Waals surface area contributed by atoms with E-state index in [1.54, 1.807) is 6.07 Å². The minimum atomic E-state index is -0.582. The molecule has 0 aliphatic heterocycles. The van der Waals surface area contributed by atoms with E-state index in [1.807, 2.05) is 20.8 Å². The molecule has 1 N–H and O–H groups in total. The van der Waals surface area contributed by atoms with Gasteiger partial charge in [0, 0.05) is 12.2 Å². The van der Waals surface area contributed by atoms with Crippen LogP contribution in [0.5, 0.6) is 0 Å². The van der Waals surface area contributed by atoms with Gasteiger partial charge >= 0.3 is 5.69 Å². The summed E-state index contributed by atoms with van der Waals surface area (Å²) in [7, 11) is 0. The van der Waals surface area contributed by atoms with Crippen LogP contribution >= 0.6 is 0 Å². The highest BCUT2D eigenvalue weighted by Gasteiger charge is 2.22. The molecule has 0 saturated carbocycles. The van der Waals surface area contributed by atoms with Gasteiger partial charge in [0.25, 0.3) is 0 Å². The topological polar surface area (TPSA) is 91.8 Å². The van der Waals surface area contributed by atoms with Crippen molar-refractivity contribution in [3.8, 4) is 6.07 Å². The van der Waals surface area contributed by atoms with E-state index >= 15 is 0 Å². The third kappa shape index (κ3) is 2.91. The van der Waals surface area contributed by atoms with Crippen LogP contribution in [0.25, 0.3) is 0 Å². The fourth-order valence-electron chi connectivity index (χ4n) is 1.22. The molecule has 0 fully saturated rings. The number of nitrogens with zero attached hydrogens (tertiary/aromatic N) is 3. The first-order valence-electron chi connectivity index (χ1n) is 5.27. The summed E-state index contributed by atoms with van der Waals surface area (Å²) in [4.78, 5) is 14.3. The Hall–Kier alpha value is -2.16. The SMILES string of the molecule is CC(C)C(C)Nc1nccc(C#N)c1[N+](=O)[O-]. The Morgan fingerprint density at radius 2 is 2.18 bits per heavy atom. The van der Waals surface area contributed by atoms with Gasteiger partial charge in [-0.05, 0) is 18.9 Å². The normalized spacial score (nSPS) is 11.9. The van der Waals surface area contributed by atoms with E-state index in [9.17, 15) is 10.1 Å². The minimum absolute atomic E-state index is 0.0171. The fourth-order valence-corrected chi connectivity index (χ4v) is 1.22. The molecule has 6 heteroatoms. The molecule has 17 heavy (non-hydrogen) atoms. The Bertz CT molecular complexity index is 465. The second kappa shape index (κ2) is 5.25. The molecule has 0 radical (unpaired) electrons. The quantitative estimate of drug-likeness (QED) is 0.637. The maximum atomic E-state index is 10.9. The first-order chi connectivity index (χ1) is 7.97. The number of rotatable bonds is 4. The van der Waals surface area contributed by atoms with Gasteiger partial charge in [-0.25, -0.2) is 4.98 Å². The van der Waals surface area contributed by atoms with Crippen molar-refractivity contribution in [2.24, 2.45) is 5.92 Å². The van der Waals surface area contributed by atoms with Gasteiger partial charge in [0.15, 0.2) is 0 Å². The standard InChI is InChI=1S/C11H14N4O2/c1-7(2)8(3)14-11-10(15(16)17)9(6-12)4-5-13-11/h4-5,7-8H,1-3H3,(H,13,14). The smallest absolute Gasteiger partial charge is 0.328 e. The zero-order chi connectivity index (χ0) is 13.0. The van der Waals surface area contributed by atoms with Crippen LogP contribution in [0, 0.1) is 27.4 Å². The van der Waals surface area contributed by atoms with Crippen LogP contribution in [0.4, 0.5) is 11.5 Å². The molecule has 1 heterocycles. The lowest BCUT2D eigenvalue weighted by atomic mass is 10.1. The number of nitriles is 1. The molecular formula is C11H14N4O2. The van der Waals surface area contributed by atoms with E-state index in [2.05, 4.69) is 10.3 Å². The van der Waals surface area contributed by atoms with E-state index in [0.29, 0.717) is 5.92 Å². The molecule has 0 aliphatic carbocycles. The molecule has 0 aromatic carbocycles. The summed E-state index contributed by atoms with van der Waals surface area (Å²) < 4.78 is 0. The molecule has 6 nitrogen and oxygen atoms in total. The highest BCUT2D eigenvalue weighted by atomic mass is 16.6. The predicted molar refractivity (Wildman–Crippen MR) is 63.5 cm³/mol. The summed E-state index contributed by atoms with van der Waals surface area (Å²) in [6.45, 7) is 5.91. The average Bonchev–Trinajstić information content (AvgIpc) is 2.27. The van der Waals surface area contributed by atoms with Crippen LogP contribution in [-0.4, -0.2) is 15.9 Å². The van der Waals surface area contributed by atoms with Gasteiger partial charge in [0.1, 0.15) is 11.6 Å². The van der Waals surface area contributed by atoms with Crippen molar-refractivity contribution < 1.29 is 4.92 Å². The lowest BCUT2D eigenvalue weighted by molar-refractivity contribution is -0.384. The van der Waals surface area contributed by atoms with Gasteiger partial charge in [-0.1, -0.05) is 13.8 Å². The molecule has 1 aromatic rings. The van der Waals surface area contributed by atoms with Crippen molar-refractivity contribution in [3.63, 3.8) is 0 Å². The maximum absolute atomic E-state index is 10.9. The van der Waals surface area contributed by atoms with Crippen molar-refractivity contribution in [2.45, 2.75) is 26.8 Å². The molecule has 90 valence electrons. The molecular weight excluding hydrogens is 220 g/mol. The van der Waals surface area contributed by atoms with Gasteiger partial charge in [0.05, 0.1) is 4.92 Å². The summed E-state index contributed by atoms with van der Waals surface area (Å²) in [5.41, 5.74) is -0.244. The van der Waals surface area contributed by atoms with Crippen LogP contribution in [0.15, 0.2) is 12.3 Å². The van der Waals surface area contributed by atoms with Gasteiger partial charge in [-0.15, -0.1) is 0 Å². The van der Waals surface area contributed by atoms with E-state index in [0.717, 1.165) is 0 Å². The van der Waals surface area contributed by atoms with Crippen LogP contribution in [0.2, 0.25) is 0 Å². The second-order valence-electron chi connectivity index (χ2n) is 4.10. The molecule has 1 aromatic heterocycles. The van der Waals surface area contributed by atoms with Gasteiger partial charge in [-0.2, -0.15) is 5.26 Å². The summed E-state index contributed by atoms with van der Waals surface area (Å²) in [5.74, 6) is 0.456. The molecule has 0 aliphatic rings. The molecule has 0 saturated heterocycles. The average molecular weight is 234 g/mol. The van der Waals surface area contributed by atoms with Gasteiger partial charge < -0.3 is 5.32 Å². The monoisotopic (exact) mass is 234 g/mol. The minimum Gasteiger partial charge on any atom is -0.362 e. The third-order valence-electron chi connectivity index (χ3n) is 2.59. The Morgan fingerprint density at radius 3 is 2.65 bits per heavy atom. The van der Waals surface area contributed by atoms with E-state index in [1.165, 1.54) is 12.3 Å². The highest BCUT2D eigenvalue weighted by molar-refractivity contribution is 5.64. The molecule has 1 atom stereocenters. The third-order valence-corrected chi connectivity index (χ3v) is 2.59. The largest absolute Gasteiger partial charge is 0.362 e. The summed E-state index contributed by atoms with van der Waals surface area (Å²) in [5, 5.41) is 22.7. The molecule has 0 amide bonds. The number of hydrogen-bond acceptors (Lipinski definition) is 5.